The highest BCUT2D eigenvalue weighted by molar-refractivity contribution is 6.05. The lowest BCUT2D eigenvalue weighted by molar-refractivity contribution is -0.119. The van der Waals surface area contributed by atoms with E-state index in [1.807, 2.05) is 43.3 Å². The van der Waals surface area contributed by atoms with Crippen molar-refractivity contribution < 1.29 is 14.3 Å². The quantitative estimate of drug-likeness (QED) is 0.483. The molecule has 1 unspecified atom stereocenters. The molecule has 30 heavy (non-hydrogen) atoms. The summed E-state index contributed by atoms with van der Waals surface area (Å²) in [5.41, 5.74) is 8.21. The van der Waals surface area contributed by atoms with Crippen LogP contribution in [0.3, 0.4) is 0 Å². The molecule has 2 heterocycles. The van der Waals surface area contributed by atoms with Crippen LogP contribution in [0.4, 0.5) is 5.69 Å². The number of carbonyl (C=O) groups is 2. The molecule has 0 fully saturated rings. The number of anilines is 1. The van der Waals surface area contributed by atoms with Gasteiger partial charge in [-0.3, -0.25) is 14.3 Å². The lowest BCUT2D eigenvalue weighted by Crippen LogP contribution is -2.44. The Bertz CT molecular complexity index is 1120. The van der Waals surface area contributed by atoms with Crippen LogP contribution < -0.4 is 21.3 Å². The smallest absolute Gasteiger partial charge is 0.267 e. The molecule has 0 radical (unpaired) electrons. The Morgan fingerprint density at radius 1 is 1.20 bits per heavy atom. The number of rotatable bonds is 6. The monoisotopic (exact) mass is 405 g/mol. The van der Waals surface area contributed by atoms with Gasteiger partial charge in [-0.2, -0.15) is 5.10 Å². The average molecular weight is 405 g/mol. The van der Waals surface area contributed by atoms with E-state index in [0.29, 0.717) is 40.4 Å². The maximum atomic E-state index is 13.3. The van der Waals surface area contributed by atoms with Gasteiger partial charge in [-0.15, -0.1) is 0 Å². The molecule has 2 aromatic carbocycles. The van der Waals surface area contributed by atoms with Crippen LogP contribution in [-0.4, -0.2) is 21.6 Å². The summed E-state index contributed by atoms with van der Waals surface area (Å²) in [6.07, 6.45) is 1.43. The van der Waals surface area contributed by atoms with Gasteiger partial charge < -0.3 is 10.5 Å². The van der Waals surface area contributed by atoms with Crippen LogP contribution in [-0.2, 0) is 18.3 Å². The topological polar surface area (TPSA) is 116 Å². The molecule has 3 aromatic rings. The summed E-state index contributed by atoms with van der Waals surface area (Å²) in [6, 6.07) is 14.6. The van der Waals surface area contributed by atoms with E-state index in [9.17, 15) is 9.59 Å². The number of amides is 2. The van der Waals surface area contributed by atoms with Gasteiger partial charge in [0, 0.05) is 12.6 Å². The average Bonchev–Trinajstić information content (AvgIpc) is 3.04. The highest BCUT2D eigenvalue weighted by atomic mass is 16.5. The number of ether oxygens (including phenoxy) is 1. The first-order chi connectivity index (χ1) is 14.4. The van der Waals surface area contributed by atoms with E-state index in [-0.39, 0.29) is 11.6 Å². The van der Waals surface area contributed by atoms with E-state index in [1.54, 1.807) is 19.2 Å². The number of fused-ring (bicyclic) bond motifs is 2. The molecule has 1 aliphatic rings. The van der Waals surface area contributed by atoms with E-state index in [1.165, 1.54) is 4.68 Å². The number of carbonyl (C=O) groups excluding carboxylic acids is 2. The van der Waals surface area contributed by atoms with Crippen molar-refractivity contribution in [3.05, 3.63) is 71.0 Å². The number of nitrogens with two attached hydrogens (primary N) is 2. The second kappa shape index (κ2) is 7.64. The number of nitrogens with zero attached hydrogens (tertiary/aromatic N) is 3. The van der Waals surface area contributed by atoms with Crippen LogP contribution in [0.15, 0.2) is 48.5 Å². The van der Waals surface area contributed by atoms with Crippen LogP contribution >= 0.6 is 0 Å². The molecule has 4 rings (SSSR count). The molecule has 8 heteroatoms. The normalized spacial score (nSPS) is 15.4. The molecule has 0 saturated carbocycles. The zero-order chi connectivity index (χ0) is 21.4. The number of benzene rings is 2. The predicted octanol–water partition coefficient (Wildman–Crippen LogP) is 2.62. The summed E-state index contributed by atoms with van der Waals surface area (Å²) in [6.45, 7) is 2.01. The third-order valence-corrected chi connectivity index (χ3v) is 5.20. The minimum Gasteiger partial charge on any atom is -0.455 e. The zero-order valence-corrected chi connectivity index (χ0v) is 16.8. The molecule has 0 spiro atoms. The molecule has 2 bridgehead atoms. The second-order valence-corrected chi connectivity index (χ2v) is 7.23. The number of aryl methyl sites for hydroxylation is 2. The molecule has 154 valence electrons. The lowest BCUT2D eigenvalue weighted by Gasteiger charge is -2.31. The molecular weight excluding hydrogens is 382 g/mol. The van der Waals surface area contributed by atoms with Crippen molar-refractivity contribution >= 4 is 17.5 Å². The van der Waals surface area contributed by atoms with Crippen LogP contribution in [0.2, 0.25) is 0 Å². The fraction of sp³-hybridized carbons (Fsp3) is 0.227. The van der Waals surface area contributed by atoms with Crippen molar-refractivity contribution in [3.8, 4) is 11.5 Å². The van der Waals surface area contributed by atoms with Gasteiger partial charge in [-0.1, -0.05) is 37.6 Å². The number of para-hydroxylation sites is 1. The van der Waals surface area contributed by atoms with Crippen molar-refractivity contribution in [3.63, 3.8) is 0 Å². The van der Waals surface area contributed by atoms with Crippen LogP contribution in [0, 0.1) is 0 Å². The molecule has 1 atom stereocenters. The Hall–Kier alpha value is -3.65. The number of aromatic nitrogens is 2. The number of hydrogen-bond acceptors (Lipinski definition) is 5. The van der Waals surface area contributed by atoms with Gasteiger partial charge in [0.1, 0.15) is 17.1 Å². The number of hydrazine groups is 1. The Balaban J connectivity index is 1.82. The van der Waals surface area contributed by atoms with Gasteiger partial charge in [-0.25, -0.2) is 10.9 Å². The Morgan fingerprint density at radius 3 is 2.60 bits per heavy atom. The summed E-state index contributed by atoms with van der Waals surface area (Å²) < 4.78 is 7.36. The SMILES string of the molecule is CCCc1nn(C)c(C(N)=O)c1C1C(=O)N(N)c2cc1ccc2Oc1ccccc1. The molecule has 0 aliphatic carbocycles. The van der Waals surface area contributed by atoms with Crippen LogP contribution in [0.1, 0.15) is 46.6 Å². The summed E-state index contributed by atoms with van der Waals surface area (Å²) >= 11 is 0. The minimum atomic E-state index is -0.758. The largest absolute Gasteiger partial charge is 0.455 e. The van der Waals surface area contributed by atoms with Gasteiger partial charge >= 0.3 is 0 Å². The summed E-state index contributed by atoms with van der Waals surface area (Å²) in [7, 11) is 1.65. The Kier molecular flexibility index (Phi) is 5.01. The van der Waals surface area contributed by atoms with E-state index in [0.717, 1.165) is 11.4 Å². The molecule has 4 N–H and O–H groups in total. The highest BCUT2D eigenvalue weighted by Crippen LogP contribution is 2.42. The first-order valence-corrected chi connectivity index (χ1v) is 9.73. The molecule has 1 aliphatic heterocycles. The highest BCUT2D eigenvalue weighted by Gasteiger charge is 2.39. The van der Waals surface area contributed by atoms with E-state index >= 15 is 0 Å². The van der Waals surface area contributed by atoms with Gasteiger partial charge in [0.2, 0.25) is 0 Å². The standard InChI is InChI=1S/C22H23N5O3/c1-3-7-15-19(20(21(23)28)26(2)25-15)18-13-10-11-17(16(12-13)27(24)22(18)29)30-14-8-5-4-6-9-14/h4-6,8-12,18H,3,7,24H2,1-2H3,(H2,23,28). The third-order valence-electron chi connectivity index (χ3n) is 5.20. The van der Waals surface area contributed by atoms with Gasteiger partial charge in [0.05, 0.1) is 11.6 Å². The van der Waals surface area contributed by atoms with Crippen LogP contribution in [0.25, 0.3) is 0 Å². The minimum absolute atomic E-state index is 0.221. The maximum Gasteiger partial charge on any atom is 0.267 e. The van der Waals surface area contributed by atoms with Crippen molar-refractivity contribution in [2.75, 3.05) is 5.01 Å². The first-order valence-electron chi connectivity index (χ1n) is 9.73. The molecule has 8 nitrogen and oxygen atoms in total. The van der Waals surface area contributed by atoms with Gasteiger partial charge in [0.15, 0.2) is 5.75 Å². The van der Waals surface area contributed by atoms with Crippen molar-refractivity contribution in [1.82, 2.24) is 9.78 Å². The molecule has 0 saturated heterocycles. The maximum absolute atomic E-state index is 13.3. The summed E-state index contributed by atoms with van der Waals surface area (Å²) in [5.74, 6) is 5.53. The molecule has 1 aromatic heterocycles. The predicted molar refractivity (Wildman–Crippen MR) is 112 cm³/mol. The van der Waals surface area contributed by atoms with E-state index in [4.69, 9.17) is 16.3 Å². The molecule has 2 amide bonds. The first kappa shape index (κ1) is 19.7. The fourth-order valence-electron chi connectivity index (χ4n) is 3.91. The number of hydrogen-bond donors (Lipinski definition) is 2. The number of primary amides is 1. The Morgan fingerprint density at radius 2 is 1.93 bits per heavy atom. The van der Waals surface area contributed by atoms with Gasteiger partial charge in [0.25, 0.3) is 11.8 Å². The second-order valence-electron chi connectivity index (χ2n) is 7.23. The third kappa shape index (κ3) is 3.21. The van der Waals surface area contributed by atoms with Crippen molar-refractivity contribution in [1.29, 1.82) is 0 Å². The fourth-order valence-corrected chi connectivity index (χ4v) is 3.91. The molecular formula is C22H23N5O3. The van der Waals surface area contributed by atoms with Crippen molar-refractivity contribution in [2.24, 2.45) is 18.6 Å². The van der Waals surface area contributed by atoms with E-state index in [2.05, 4.69) is 5.10 Å². The zero-order valence-electron chi connectivity index (χ0n) is 16.8. The Labute approximate surface area is 174 Å². The summed E-state index contributed by atoms with van der Waals surface area (Å²) in [4.78, 5) is 25.5. The van der Waals surface area contributed by atoms with Crippen LogP contribution in [0.5, 0.6) is 11.5 Å². The van der Waals surface area contributed by atoms with Crippen molar-refractivity contribution in [2.45, 2.75) is 25.7 Å². The van der Waals surface area contributed by atoms with E-state index < -0.39 is 11.8 Å². The lowest BCUT2D eigenvalue weighted by atomic mass is 9.85. The van der Waals surface area contributed by atoms with Gasteiger partial charge in [-0.05, 0) is 36.2 Å². The summed E-state index contributed by atoms with van der Waals surface area (Å²) in [5, 5.41) is 5.52.